The number of ether oxygens (including phenoxy) is 2. The molecule has 2 aliphatic rings. The molecule has 24 heavy (non-hydrogen) atoms. The molecule has 1 unspecified atom stereocenters. The van der Waals surface area contributed by atoms with Gasteiger partial charge in [0.1, 0.15) is 5.69 Å². The van der Waals surface area contributed by atoms with Crippen molar-refractivity contribution in [3.63, 3.8) is 0 Å². The van der Waals surface area contributed by atoms with Gasteiger partial charge in [0, 0.05) is 30.2 Å². The van der Waals surface area contributed by atoms with Crippen molar-refractivity contribution < 1.29 is 14.4 Å². The van der Waals surface area contributed by atoms with Gasteiger partial charge in [0.25, 0.3) is 5.69 Å². The Bertz CT molecular complexity index is 570. The van der Waals surface area contributed by atoms with Crippen LogP contribution < -0.4 is 4.90 Å². The molecule has 2 aliphatic heterocycles. The maximum absolute atomic E-state index is 11.2. The van der Waals surface area contributed by atoms with Crippen LogP contribution in [0.2, 0.25) is 0 Å². The molecular formula is C17H23BrN2O4. The number of nitro benzene ring substituents is 1. The lowest BCUT2D eigenvalue weighted by atomic mass is 10.1. The van der Waals surface area contributed by atoms with E-state index in [0.717, 1.165) is 49.9 Å². The maximum Gasteiger partial charge on any atom is 0.292 e. The summed E-state index contributed by atoms with van der Waals surface area (Å²) in [6, 6.07) is 5.10. The van der Waals surface area contributed by atoms with Crippen LogP contribution in [-0.4, -0.2) is 43.4 Å². The zero-order valence-corrected chi connectivity index (χ0v) is 15.2. The largest absolute Gasteiger partial charge is 0.376 e. The number of hydrogen-bond donors (Lipinski definition) is 0. The molecule has 2 saturated heterocycles. The summed E-state index contributed by atoms with van der Waals surface area (Å²) in [6.45, 7) is 3.06. The zero-order valence-electron chi connectivity index (χ0n) is 13.7. The minimum atomic E-state index is -0.315. The summed E-state index contributed by atoms with van der Waals surface area (Å²) in [4.78, 5) is 13.0. The van der Waals surface area contributed by atoms with Gasteiger partial charge in [0.15, 0.2) is 0 Å². The van der Waals surface area contributed by atoms with Crippen molar-refractivity contribution in [2.75, 3.05) is 31.2 Å². The summed E-state index contributed by atoms with van der Waals surface area (Å²) in [6.07, 6.45) is 5.69. The molecule has 6 nitrogen and oxygen atoms in total. The molecule has 132 valence electrons. The van der Waals surface area contributed by atoms with E-state index < -0.39 is 0 Å². The Morgan fingerprint density at radius 3 is 2.75 bits per heavy atom. The second-order valence-electron chi connectivity index (χ2n) is 6.40. The highest BCUT2D eigenvalue weighted by atomic mass is 79.9. The SMILES string of the molecule is O=[N+]([O-])c1ccc(Br)cc1N1CCC(OCC2CCCCO2)CC1. The topological polar surface area (TPSA) is 64.8 Å². The van der Waals surface area contributed by atoms with Gasteiger partial charge < -0.3 is 14.4 Å². The van der Waals surface area contributed by atoms with Gasteiger partial charge in [0.05, 0.1) is 23.7 Å². The van der Waals surface area contributed by atoms with E-state index in [1.54, 1.807) is 12.1 Å². The lowest BCUT2D eigenvalue weighted by molar-refractivity contribution is -0.384. The highest BCUT2D eigenvalue weighted by Crippen LogP contribution is 2.33. The molecule has 1 atom stereocenters. The van der Waals surface area contributed by atoms with Crippen molar-refractivity contribution in [3.05, 3.63) is 32.8 Å². The van der Waals surface area contributed by atoms with Crippen LogP contribution in [0.25, 0.3) is 0 Å². The highest BCUT2D eigenvalue weighted by Gasteiger charge is 2.26. The molecule has 0 radical (unpaired) electrons. The Balaban J connectivity index is 1.53. The minimum absolute atomic E-state index is 0.160. The summed E-state index contributed by atoms with van der Waals surface area (Å²) < 4.78 is 12.6. The third-order valence-electron chi connectivity index (χ3n) is 4.71. The van der Waals surface area contributed by atoms with Gasteiger partial charge >= 0.3 is 0 Å². The van der Waals surface area contributed by atoms with Gasteiger partial charge in [-0.15, -0.1) is 0 Å². The number of nitro groups is 1. The molecule has 0 spiro atoms. The fourth-order valence-electron chi connectivity index (χ4n) is 3.35. The van der Waals surface area contributed by atoms with Crippen LogP contribution >= 0.6 is 15.9 Å². The average molecular weight is 399 g/mol. The van der Waals surface area contributed by atoms with Gasteiger partial charge in [-0.05, 0) is 44.2 Å². The standard InChI is InChI=1S/C17H23BrN2O4/c18-13-4-5-16(20(21)22)17(11-13)19-8-6-14(7-9-19)24-12-15-3-1-2-10-23-15/h4-5,11,14-15H,1-3,6-10,12H2. The summed E-state index contributed by atoms with van der Waals surface area (Å²) in [5.41, 5.74) is 0.844. The third-order valence-corrected chi connectivity index (χ3v) is 5.20. The van der Waals surface area contributed by atoms with Crippen LogP contribution in [0.15, 0.2) is 22.7 Å². The monoisotopic (exact) mass is 398 g/mol. The molecule has 0 aromatic heterocycles. The fourth-order valence-corrected chi connectivity index (χ4v) is 3.70. The number of benzene rings is 1. The Kier molecular flexibility index (Phi) is 6.08. The van der Waals surface area contributed by atoms with E-state index in [1.165, 1.54) is 6.42 Å². The van der Waals surface area contributed by atoms with E-state index in [0.29, 0.717) is 12.3 Å². The van der Waals surface area contributed by atoms with Crippen molar-refractivity contribution >= 4 is 27.3 Å². The highest BCUT2D eigenvalue weighted by molar-refractivity contribution is 9.10. The number of nitrogens with zero attached hydrogens (tertiary/aromatic N) is 2. The molecule has 1 aromatic carbocycles. The van der Waals surface area contributed by atoms with Gasteiger partial charge in [-0.2, -0.15) is 0 Å². The van der Waals surface area contributed by atoms with Gasteiger partial charge in [-0.25, -0.2) is 0 Å². The van der Waals surface area contributed by atoms with Crippen molar-refractivity contribution in [2.45, 2.75) is 44.3 Å². The molecule has 3 rings (SSSR count). The molecule has 1 aromatic rings. The van der Waals surface area contributed by atoms with E-state index in [4.69, 9.17) is 9.47 Å². The Morgan fingerprint density at radius 2 is 2.08 bits per heavy atom. The number of anilines is 1. The second-order valence-corrected chi connectivity index (χ2v) is 7.31. The molecule has 0 saturated carbocycles. The van der Waals surface area contributed by atoms with Crippen molar-refractivity contribution in [1.82, 2.24) is 0 Å². The maximum atomic E-state index is 11.2. The lowest BCUT2D eigenvalue weighted by Crippen LogP contribution is -2.38. The van der Waals surface area contributed by atoms with E-state index in [1.807, 2.05) is 6.07 Å². The third kappa shape index (κ3) is 4.46. The Hall–Kier alpha value is -1.18. The summed E-state index contributed by atoms with van der Waals surface area (Å²) >= 11 is 3.40. The quantitative estimate of drug-likeness (QED) is 0.555. The van der Waals surface area contributed by atoms with Crippen LogP contribution in [0.1, 0.15) is 32.1 Å². The Labute approximate surface area is 150 Å². The smallest absolute Gasteiger partial charge is 0.292 e. The van der Waals surface area contributed by atoms with Crippen molar-refractivity contribution in [2.24, 2.45) is 0 Å². The van der Waals surface area contributed by atoms with Crippen molar-refractivity contribution in [1.29, 1.82) is 0 Å². The average Bonchev–Trinajstić information content (AvgIpc) is 2.61. The Morgan fingerprint density at radius 1 is 1.29 bits per heavy atom. The normalized spacial score (nSPS) is 22.5. The fraction of sp³-hybridized carbons (Fsp3) is 0.647. The molecule has 0 amide bonds. The molecular weight excluding hydrogens is 376 g/mol. The van der Waals surface area contributed by atoms with Gasteiger partial charge in [0.2, 0.25) is 0 Å². The van der Waals surface area contributed by atoms with Crippen LogP contribution in [0.3, 0.4) is 0 Å². The summed E-state index contributed by atoms with van der Waals surface area (Å²) in [5, 5.41) is 11.2. The van der Waals surface area contributed by atoms with Crippen LogP contribution in [0, 0.1) is 10.1 Å². The number of hydrogen-bond acceptors (Lipinski definition) is 5. The summed E-state index contributed by atoms with van der Waals surface area (Å²) in [5.74, 6) is 0. The van der Waals surface area contributed by atoms with Crippen LogP contribution in [0.4, 0.5) is 11.4 Å². The second kappa shape index (κ2) is 8.27. The van der Waals surface area contributed by atoms with E-state index in [9.17, 15) is 10.1 Å². The first-order valence-corrected chi connectivity index (χ1v) is 9.35. The number of rotatable bonds is 5. The van der Waals surface area contributed by atoms with Crippen LogP contribution in [0.5, 0.6) is 0 Å². The first-order valence-electron chi connectivity index (χ1n) is 8.55. The molecule has 0 aliphatic carbocycles. The number of piperidine rings is 1. The van der Waals surface area contributed by atoms with Gasteiger partial charge in [-0.3, -0.25) is 10.1 Å². The van der Waals surface area contributed by atoms with Crippen LogP contribution in [-0.2, 0) is 9.47 Å². The van der Waals surface area contributed by atoms with Crippen molar-refractivity contribution in [3.8, 4) is 0 Å². The molecule has 2 heterocycles. The zero-order chi connectivity index (χ0) is 16.9. The summed E-state index contributed by atoms with van der Waals surface area (Å²) in [7, 11) is 0. The molecule has 2 fully saturated rings. The van der Waals surface area contributed by atoms with E-state index in [2.05, 4.69) is 20.8 Å². The first-order chi connectivity index (χ1) is 11.6. The van der Waals surface area contributed by atoms with E-state index >= 15 is 0 Å². The molecule has 0 N–H and O–H groups in total. The van der Waals surface area contributed by atoms with Gasteiger partial charge in [-0.1, -0.05) is 15.9 Å². The predicted molar refractivity (Wildman–Crippen MR) is 95.6 cm³/mol. The minimum Gasteiger partial charge on any atom is -0.376 e. The molecule has 0 bridgehead atoms. The molecule has 7 heteroatoms. The first kappa shape index (κ1) is 17.6. The number of halogens is 1. The predicted octanol–water partition coefficient (Wildman–Crippen LogP) is 3.91. The lowest BCUT2D eigenvalue weighted by Gasteiger charge is -2.34. The van der Waals surface area contributed by atoms with E-state index in [-0.39, 0.29) is 22.8 Å².